The Bertz CT molecular complexity index is 790. The minimum absolute atomic E-state index is 0.0446. The lowest BCUT2D eigenvalue weighted by Crippen LogP contribution is -2.31. The minimum atomic E-state index is -0.468. The highest BCUT2D eigenvalue weighted by Crippen LogP contribution is 2.41. The molecule has 7 heteroatoms. The monoisotopic (exact) mass is 334 g/mol. The van der Waals surface area contributed by atoms with Gasteiger partial charge in [-0.1, -0.05) is 11.6 Å². The van der Waals surface area contributed by atoms with E-state index in [1.807, 2.05) is 11.8 Å². The molecule has 120 valence electrons. The molecule has 0 radical (unpaired) electrons. The van der Waals surface area contributed by atoms with Gasteiger partial charge in [0.15, 0.2) is 5.82 Å². The highest BCUT2D eigenvalue weighted by molar-refractivity contribution is 6.30. The molecule has 0 saturated carbocycles. The lowest BCUT2D eigenvalue weighted by Gasteiger charge is -2.24. The first-order valence-electron chi connectivity index (χ1n) is 7.75. The molecule has 2 atom stereocenters. The van der Waals surface area contributed by atoms with Gasteiger partial charge in [0.25, 0.3) is 0 Å². The molecule has 0 bridgehead atoms. The zero-order valence-corrected chi connectivity index (χ0v) is 13.4. The lowest BCUT2D eigenvalue weighted by molar-refractivity contribution is -0.130. The summed E-state index contributed by atoms with van der Waals surface area (Å²) < 4.78 is 15.1. The summed E-state index contributed by atoms with van der Waals surface area (Å²) in [5, 5.41) is 4.47. The van der Waals surface area contributed by atoms with Crippen LogP contribution in [0.25, 0.3) is 5.69 Å². The summed E-state index contributed by atoms with van der Waals surface area (Å²) in [6.45, 7) is 1.81. The van der Waals surface area contributed by atoms with Gasteiger partial charge in [0.2, 0.25) is 5.91 Å². The fraction of sp³-hybridized carbons (Fsp3) is 0.438. The number of benzene rings is 1. The maximum Gasteiger partial charge on any atom is 0.223 e. The summed E-state index contributed by atoms with van der Waals surface area (Å²) in [5.74, 6) is 1.06. The maximum atomic E-state index is 13.4. The quantitative estimate of drug-likeness (QED) is 0.847. The van der Waals surface area contributed by atoms with Crippen molar-refractivity contribution in [3.05, 3.63) is 40.7 Å². The first-order chi connectivity index (χ1) is 11.0. The third-order valence-electron chi connectivity index (χ3n) is 4.67. The Kier molecular flexibility index (Phi) is 3.37. The molecule has 0 spiro atoms. The van der Waals surface area contributed by atoms with Crippen LogP contribution in [0.5, 0.6) is 0 Å². The molecular formula is C16H16ClFN4O. The number of rotatable bonds is 2. The molecule has 2 unspecified atom stereocenters. The molecule has 5 nitrogen and oxygen atoms in total. The number of carbonyl (C=O) groups is 1. The van der Waals surface area contributed by atoms with Gasteiger partial charge in [0.1, 0.15) is 11.6 Å². The predicted molar refractivity (Wildman–Crippen MR) is 82.9 cm³/mol. The average Bonchev–Trinajstić information content (AvgIpc) is 3.19. The predicted octanol–water partition coefficient (Wildman–Crippen LogP) is 3.19. The summed E-state index contributed by atoms with van der Waals surface area (Å²) in [4.78, 5) is 18.7. The number of amides is 1. The largest absolute Gasteiger partial charge is 0.329 e. The fourth-order valence-corrected chi connectivity index (χ4v) is 3.85. The zero-order valence-electron chi connectivity index (χ0n) is 12.7. The molecule has 0 aliphatic carbocycles. The van der Waals surface area contributed by atoms with Crippen LogP contribution in [0.1, 0.15) is 43.4 Å². The molecule has 1 aromatic heterocycles. The Labute approximate surface area is 138 Å². The zero-order chi connectivity index (χ0) is 16.1. The second-order valence-electron chi connectivity index (χ2n) is 6.11. The van der Waals surface area contributed by atoms with Gasteiger partial charge in [-0.15, -0.1) is 0 Å². The molecule has 1 amide bonds. The number of fused-ring (bicyclic) bond motifs is 1. The van der Waals surface area contributed by atoms with E-state index >= 15 is 0 Å². The van der Waals surface area contributed by atoms with Crippen LogP contribution in [0.4, 0.5) is 4.39 Å². The van der Waals surface area contributed by atoms with Crippen LogP contribution in [0, 0.1) is 12.7 Å². The Morgan fingerprint density at radius 2 is 2.13 bits per heavy atom. The standard InChI is InChI=1S/C16H16ClFN4O/c1-9-19-16(14-6-3-10-4-7-15(23)21(10)14)22(20-9)11-2-5-13(18)12(17)8-11/h2,5,8,10,14H,3-4,6-7H2,1H3. The highest BCUT2D eigenvalue weighted by Gasteiger charge is 2.43. The molecule has 3 heterocycles. The molecule has 2 aromatic rings. The van der Waals surface area contributed by atoms with Gasteiger partial charge in [-0.2, -0.15) is 5.10 Å². The SMILES string of the molecule is Cc1nc(C2CCC3CCC(=O)N32)n(-c2ccc(F)c(Cl)c2)n1. The number of nitrogens with zero attached hydrogens (tertiary/aromatic N) is 4. The number of halogens is 2. The molecular weight excluding hydrogens is 319 g/mol. The van der Waals surface area contributed by atoms with Gasteiger partial charge >= 0.3 is 0 Å². The van der Waals surface area contributed by atoms with Gasteiger partial charge < -0.3 is 4.90 Å². The second-order valence-corrected chi connectivity index (χ2v) is 6.52. The normalized spacial score (nSPS) is 23.6. The van der Waals surface area contributed by atoms with Crippen molar-refractivity contribution in [3.8, 4) is 5.69 Å². The number of hydrogen-bond acceptors (Lipinski definition) is 3. The van der Waals surface area contributed by atoms with Crippen molar-refractivity contribution < 1.29 is 9.18 Å². The van der Waals surface area contributed by atoms with Crippen molar-refractivity contribution in [1.82, 2.24) is 19.7 Å². The van der Waals surface area contributed by atoms with E-state index in [-0.39, 0.29) is 17.0 Å². The topological polar surface area (TPSA) is 51.0 Å². The maximum absolute atomic E-state index is 13.4. The fourth-order valence-electron chi connectivity index (χ4n) is 3.67. The van der Waals surface area contributed by atoms with Crippen LogP contribution in [0.2, 0.25) is 5.02 Å². The molecule has 2 saturated heterocycles. The van der Waals surface area contributed by atoms with Crippen molar-refractivity contribution in [1.29, 1.82) is 0 Å². The molecule has 2 aliphatic rings. The first-order valence-corrected chi connectivity index (χ1v) is 8.12. The first kappa shape index (κ1) is 14.6. The molecule has 4 rings (SSSR count). The number of hydrogen-bond donors (Lipinski definition) is 0. The summed E-state index contributed by atoms with van der Waals surface area (Å²) >= 11 is 5.89. The third kappa shape index (κ3) is 2.32. The number of aromatic nitrogens is 3. The van der Waals surface area contributed by atoms with Crippen LogP contribution in [-0.2, 0) is 4.79 Å². The second kappa shape index (κ2) is 5.30. The van der Waals surface area contributed by atoms with Crippen LogP contribution in [0.15, 0.2) is 18.2 Å². The van der Waals surface area contributed by atoms with Crippen LogP contribution < -0.4 is 0 Å². The Hall–Kier alpha value is -1.95. The van der Waals surface area contributed by atoms with Gasteiger partial charge in [0, 0.05) is 12.5 Å². The van der Waals surface area contributed by atoms with Gasteiger partial charge in [-0.25, -0.2) is 14.1 Å². The van der Waals surface area contributed by atoms with Crippen molar-refractivity contribution in [2.24, 2.45) is 0 Å². The minimum Gasteiger partial charge on any atom is -0.329 e. The lowest BCUT2D eigenvalue weighted by atomic mass is 10.1. The summed E-state index contributed by atoms with van der Waals surface area (Å²) in [5.41, 5.74) is 0.655. The number of carbonyl (C=O) groups excluding carboxylic acids is 1. The van der Waals surface area contributed by atoms with Crippen molar-refractivity contribution in [2.75, 3.05) is 0 Å². The van der Waals surface area contributed by atoms with Crippen molar-refractivity contribution in [3.63, 3.8) is 0 Å². The van der Waals surface area contributed by atoms with E-state index in [2.05, 4.69) is 10.1 Å². The van der Waals surface area contributed by atoms with Crippen molar-refractivity contribution >= 4 is 17.5 Å². The number of aryl methyl sites for hydroxylation is 1. The molecule has 1 aromatic carbocycles. The van der Waals surface area contributed by atoms with Gasteiger partial charge in [-0.3, -0.25) is 4.79 Å². The molecule has 2 fully saturated rings. The van der Waals surface area contributed by atoms with Crippen LogP contribution >= 0.6 is 11.6 Å². The highest BCUT2D eigenvalue weighted by atomic mass is 35.5. The third-order valence-corrected chi connectivity index (χ3v) is 4.96. The van der Waals surface area contributed by atoms with Crippen molar-refractivity contribution in [2.45, 2.75) is 44.7 Å². The smallest absolute Gasteiger partial charge is 0.223 e. The van der Waals surface area contributed by atoms with Gasteiger partial charge in [-0.05, 0) is 44.4 Å². The van der Waals surface area contributed by atoms with E-state index in [9.17, 15) is 9.18 Å². The Morgan fingerprint density at radius 3 is 2.91 bits per heavy atom. The van der Waals surface area contributed by atoms with Crippen LogP contribution in [0.3, 0.4) is 0 Å². The molecule has 2 aliphatic heterocycles. The average molecular weight is 335 g/mol. The van der Waals surface area contributed by atoms with Crippen LogP contribution in [-0.4, -0.2) is 31.6 Å². The van der Waals surface area contributed by atoms with E-state index in [4.69, 9.17) is 11.6 Å². The Morgan fingerprint density at radius 1 is 1.30 bits per heavy atom. The summed E-state index contributed by atoms with van der Waals surface area (Å²) in [7, 11) is 0. The molecule has 0 N–H and O–H groups in total. The van der Waals surface area contributed by atoms with E-state index in [0.29, 0.717) is 24.0 Å². The van der Waals surface area contributed by atoms with E-state index in [1.165, 1.54) is 12.1 Å². The van der Waals surface area contributed by atoms with E-state index in [0.717, 1.165) is 25.1 Å². The van der Waals surface area contributed by atoms with Gasteiger partial charge in [0.05, 0.1) is 16.8 Å². The summed E-state index contributed by atoms with van der Waals surface area (Å²) in [6, 6.07) is 4.72. The van der Waals surface area contributed by atoms with E-state index < -0.39 is 5.82 Å². The Balaban J connectivity index is 1.78. The summed E-state index contributed by atoms with van der Waals surface area (Å²) in [6.07, 6.45) is 3.40. The van der Waals surface area contributed by atoms with E-state index in [1.54, 1.807) is 10.7 Å². The molecule has 23 heavy (non-hydrogen) atoms.